The molecule has 57 valence electrons. The zero-order valence-electron chi connectivity index (χ0n) is 5.81. The van der Waals surface area contributed by atoms with E-state index in [0.29, 0.717) is 5.02 Å². The van der Waals surface area contributed by atoms with Crippen LogP contribution in [0, 0.1) is 11.6 Å². The first-order chi connectivity index (χ1) is 4.75. The Hall–Kier alpha value is 0.183. The van der Waals surface area contributed by atoms with Gasteiger partial charge in [-0.25, -0.2) is 0 Å². The van der Waals surface area contributed by atoms with Crippen LogP contribution in [0.25, 0.3) is 0 Å². The van der Waals surface area contributed by atoms with Crippen LogP contribution in [0.5, 0.6) is 0 Å². The summed E-state index contributed by atoms with van der Waals surface area (Å²) in [6.45, 7) is 0. The predicted octanol–water partition coefficient (Wildman–Crippen LogP) is 2.59. The maximum atomic E-state index is 12.6. The molecule has 0 radical (unpaired) electrons. The third-order valence-electron chi connectivity index (χ3n) is 1.31. The quantitative estimate of drug-likeness (QED) is 0.690. The van der Waals surface area contributed by atoms with E-state index in [1.807, 2.05) is 0 Å². The van der Waals surface area contributed by atoms with Crippen LogP contribution in [-0.4, -0.2) is 0 Å². The topological polar surface area (TPSA) is 0 Å². The van der Waals surface area contributed by atoms with Crippen LogP contribution < -0.4 is 0 Å². The van der Waals surface area contributed by atoms with E-state index < -0.39 is 11.6 Å². The Morgan fingerprint density at radius 2 is 1.64 bits per heavy atom. The van der Waals surface area contributed by atoms with Crippen LogP contribution in [0.15, 0.2) is 18.2 Å². The second kappa shape index (κ2) is 4.94. The van der Waals surface area contributed by atoms with Gasteiger partial charge < -0.3 is 0 Å². The second-order valence-corrected chi connectivity index (χ2v) is 3.00. The molecule has 0 nitrogen and oxygen atoms in total. The molecular weight excluding hydrogens is 267 g/mol. The minimum atomic E-state index is -0.425. The van der Waals surface area contributed by atoms with Gasteiger partial charge in [0.05, 0.1) is 0 Å². The van der Waals surface area contributed by atoms with Crippen LogP contribution >= 0.6 is 17.0 Å². The van der Waals surface area contributed by atoms with Crippen LogP contribution in [0.3, 0.4) is 0 Å². The summed E-state index contributed by atoms with van der Waals surface area (Å²) < 4.78 is 25.3. The number of benzene rings is 1. The summed E-state index contributed by atoms with van der Waals surface area (Å²) in [6.07, 6.45) is 0. The third kappa shape index (κ3) is 2.60. The average Bonchev–Trinajstić information content (AvgIpc) is 1.88. The Bertz CT molecular complexity index is 220. The molecule has 0 saturated heterocycles. The van der Waals surface area contributed by atoms with Crippen LogP contribution in [0.1, 0.15) is 5.56 Å². The summed E-state index contributed by atoms with van der Waals surface area (Å²) in [5.41, 5.74) is 0.225. The fraction of sp³-hybridized carbons (Fsp3) is 0.143. The van der Waals surface area contributed by atoms with Crippen molar-refractivity contribution in [3.05, 3.63) is 35.4 Å². The van der Waals surface area contributed by atoms with Crippen molar-refractivity contribution in [1.82, 2.24) is 0 Å². The molecule has 1 rings (SSSR count). The summed E-state index contributed by atoms with van der Waals surface area (Å²) in [7, 11) is 0. The number of hydrogen-bond donors (Lipinski definition) is 0. The van der Waals surface area contributed by atoms with E-state index in [2.05, 4.69) is 0 Å². The van der Waals surface area contributed by atoms with Gasteiger partial charge in [-0.3, -0.25) is 0 Å². The monoisotopic (exact) mass is 271 g/mol. The first kappa shape index (κ1) is 11.2. The number of halogens is 3. The molecule has 0 aliphatic rings. The van der Waals surface area contributed by atoms with Gasteiger partial charge in [0.2, 0.25) is 0 Å². The molecule has 11 heavy (non-hydrogen) atoms. The van der Waals surface area contributed by atoms with Gasteiger partial charge in [0.1, 0.15) is 0 Å². The molecule has 0 aliphatic heterocycles. The third-order valence-corrected chi connectivity index (χ3v) is 2.36. The van der Waals surface area contributed by atoms with E-state index in [9.17, 15) is 8.78 Å². The van der Waals surface area contributed by atoms with Crippen molar-refractivity contribution < 1.29 is 27.1 Å². The Labute approximate surface area is 84.4 Å². The maximum absolute atomic E-state index is 12.6. The number of rotatable bonds is 1. The molecule has 0 amide bonds. The molecule has 0 heterocycles. The van der Waals surface area contributed by atoms with Gasteiger partial charge in [0, 0.05) is 0 Å². The van der Waals surface area contributed by atoms with E-state index in [4.69, 9.17) is 0 Å². The Morgan fingerprint density at radius 1 is 1.18 bits per heavy atom. The van der Waals surface area contributed by atoms with Gasteiger partial charge in [-0.2, -0.15) is 0 Å². The second-order valence-electron chi connectivity index (χ2n) is 1.95. The van der Waals surface area contributed by atoms with Crippen molar-refractivity contribution in [2.45, 2.75) is 5.02 Å². The van der Waals surface area contributed by atoms with Gasteiger partial charge in [0.25, 0.3) is 0 Å². The fourth-order valence-corrected chi connectivity index (χ4v) is 1.77. The Kier molecular flexibility index (Phi) is 5.02. The Balaban J connectivity index is 0.000001000. The normalized spacial score (nSPS) is 9.09. The van der Waals surface area contributed by atoms with E-state index in [0.717, 1.165) is 18.3 Å². The van der Waals surface area contributed by atoms with Crippen LogP contribution in [-0.2, 0) is 23.3 Å². The zero-order chi connectivity index (χ0) is 7.56. The SMILES string of the molecule is Br.Fc1cccc(F)c1[CH2][Zn]. The molecule has 4 heteroatoms. The van der Waals surface area contributed by atoms with Crippen molar-refractivity contribution in [3.63, 3.8) is 0 Å². The van der Waals surface area contributed by atoms with Crippen molar-refractivity contribution in [1.29, 1.82) is 0 Å². The van der Waals surface area contributed by atoms with Crippen LogP contribution in [0.2, 0.25) is 0 Å². The molecule has 0 N–H and O–H groups in total. The van der Waals surface area contributed by atoms with Crippen LogP contribution in [0.4, 0.5) is 8.78 Å². The average molecular weight is 273 g/mol. The molecule has 1 aromatic carbocycles. The molecule has 0 spiro atoms. The van der Waals surface area contributed by atoms with E-state index >= 15 is 0 Å². The molecule has 0 saturated carbocycles. The molecular formula is C7H6BrF2Zn. The minimum absolute atomic E-state index is 0. The van der Waals surface area contributed by atoms with Gasteiger partial charge in [-0.1, -0.05) is 0 Å². The first-order valence-electron chi connectivity index (χ1n) is 2.98. The summed E-state index contributed by atoms with van der Waals surface area (Å²) >= 11 is 0.887. The fourth-order valence-electron chi connectivity index (χ4n) is 0.771. The standard InChI is InChI=1S/C7H5F2.BrH.Zn/c1-5-6(8)3-2-4-7(5)9;;/h2-4H,1H2;1H;. The molecule has 1 aromatic rings. The van der Waals surface area contributed by atoms with Crippen molar-refractivity contribution in [3.8, 4) is 0 Å². The van der Waals surface area contributed by atoms with Gasteiger partial charge in [0.15, 0.2) is 0 Å². The number of hydrogen-bond acceptors (Lipinski definition) is 0. The zero-order valence-corrected chi connectivity index (χ0v) is 10.5. The summed E-state index contributed by atoms with van der Waals surface area (Å²) in [4.78, 5) is 0. The summed E-state index contributed by atoms with van der Waals surface area (Å²) in [5, 5.41) is 0.526. The molecule has 0 bridgehead atoms. The first-order valence-corrected chi connectivity index (χ1v) is 5.07. The van der Waals surface area contributed by atoms with E-state index in [1.165, 1.54) is 18.2 Å². The van der Waals surface area contributed by atoms with Crippen molar-refractivity contribution in [2.75, 3.05) is 0 Å². The molecule has 0 atom stereocenters. The molecule has 0 fully saturated rings. The summed E-state index contributed by atoms with van der Waals surface area (Å²) in [5.74, 6) is -0.850. The molecule has 0 aliphatic carbocycles. The molecule has 0 aromatic heterocycles. The predicted molar refractivity (Wildman–Crippen MR) is 40.4 cm³/mol. The molecule has 0 unspecified atom stereocenters. The Morgan fingerprint density at radius 3 is 1.91 bits per heavy atom. The van der Waals surface area contributed by atoms with Crippen molar-refractivity contribution in [2.24, 2.45) is 0 Å². The van der Waals surface area contributed by atoms with E-state index in [1.54, 1.807) is 0 Å². The van der Waals surface area contributed by atoms with Gasteiger partial charge in [-0.15, -0.1) is 17.0 Å². The van der Waals surface area contributed by atoms with Gasteiger partial charge >= 0.3 is 67.5 Å². The summed E-state index contributed by atoms with van der Waals surface area (Å²) in [6, 6.07) is 3.95. The van der Waals surface area contributed by atoms with Gasteiger partial charge in [-0.05, 0) is 0 Å². The van der Waals surface area contributed by atoms with Crippen molar-refractivity contribution >= 4 is 17.0 Å². The van der Waals surface area contributed by atoms with E-state index in [-0.39, 0.29) is 22.5 Å².